The van der Waals surface area contributed by atoms with Gasteiger partial charge in [0.25, 0.3) is 0 Å². The Bertz CT molecular complexity index is 1100. The Labute approximate surface area is 257 Å². The van der Waals surface area contributed by atoms with Crippen LogP contribution in [0.5, 0.6) is 0 Å². The number of carbonyl (C=O) groups excluding carboxylic acids is 2. The summed E-state index contributed by atoms with van der Waals surface area (Å²) >= 11 is 14.4. The molecular formula is C25H35Cl3N6O8. The Morgan fingerprint density at radius 2 is 1.07 bits per heavy atom. The first-order valence-electron chi connectivity index (χ1n) is 13.5. The summed E-state index contributed by atoms with van der Waals surface area (Å²) in [5.74, 6) is -1.09. The molecule has 0 bridgehead atoms. The molecule has 4 heterocycles. The molecule has 14 nitrogen and oxygen atoms in total. The maximum Gasteiger partial charge on any atom is 0.357 e. The van der Waals surface area contributed by atoms with Crippen LogP contribution >= 0.6 is 34.8 Å². The van der Waals surface area contributed by atoms with E-state index in [1.165, 1.54) is 12.4 Å². The molecule has 4 rings (SSSR count). The van der Waals surface area contributed by atoms with Crippen molar-refractivity contribution in [2.45, 2.75) is 56.7 Å². The number of anilines is 2. The van der Waals surface area contributed by atoms with Gasteiger partial charge < -0.3 is 29.2 Å². The molecule has 0 atom stereocenters. The van der Waals surface area contributed by atoms with Gasteiger partial charge in [-0.1, -0.05) is 34.8 Å². The number of hydrogen-bond donors (Lipinski definition) is 2. The minimum Gasteiger partial charge on any atom is -0.461 e. The van der Waals surface area contributed by atoms with Crippen molar-refractivity contribution in [2.75, 3.05) is 49.2 Å². The minimum atomic E-state index is -0.750. The van der Waals surface area contributed by atoms with E-state index in [0.29, 0.717) is 11.4 Å². The van der Waals surface area contributed by atoms with Crippen molar-refractivity contribution < 1.29 is 28.9 Å². The highest BCUT2D eigenvalue weighted by molar-refractivity contribution is 6.63. The summed E-state index contributed by atoms with van der Waals surface area (Å²) in [4.78, 5) is 54.0. The quantitative estimate of drug-likeness (QED) is 0.145. The first kappa shape index (κ1) is 35.0. The lowest BCUT2D eigenvalue weighted by Gasteiger charge is -2.27. The third kappa shape index (κ3) is 9.95. The van der Waals surface area contributed by atoms with Gasteiger partial charge in [0.1, 0.15) is 11.4 Å². The lowest BCUT2D eigenvalue weighted by Crippen LogP contribution is -2.31. The monoisotopic (exact) mass is 652 g/mol. The number of nitrogens with one attached hydrogen (secondary N) is 2. The van der Waals surface area contributed by atoms with Crippen molar-refractivity contribution in [3.05, 3.63) is 44.0 Å². The second-order valence-electron chi connectivity index (χ2n) is 9.09. The smallest absolute Gasteiger partial charge is 0.357 e. The third-order valence-corrected chi connectivity index (χ3v) is 6.36. The Morgan fingerprint density at radius 1 is 0.762 bits per heavy atom. The fourth-order valence-electron chi connectivity index (χ4n) is 4.68. The normalized spacial score (nSPS) is 14.7. The molecule has 2 aliphatic rings. The van der Waals surface area contributed by atoms with Gasteiger partial charge in [-0.25, -0.2) is 9.59 Å². The van der Waals surface area contributed by atoms with E-state index in [9.17, 15) is 29.8 Å². The van der Waals surface area contributed by atoms with Crippen molar-refractivity contribution in [2.24, 2.45) is 0 Å². The summed E-state index contributed by atoms with van der Waals surface area (Å²) in [5, 5.41) is 22.1. The highest BCUT2D eigenvalue weighted by Gasteiger charge is 2.31. The molecule has 0 saturated carbocycles. The van der Waals surface area contributed by atoms with E-state index < -0.39 is 26.1 Å². The van der Waals surface area contributed by atoms with E-state index in [0.717, 1.165) is 64.7 Å². The number of H-pyrrole nitrogens is 2. The Hall–Kier alpha value is -3.23. The number of halogens is 3. The number of aromatic nitrogens is 2. The summed E-state index contributed by atoms with van der Waals surface area (Å²) in [6.07, 6.45) is 8.66. The number of esters is 2. The molecule has 0 amide bonds. The van der Waals surface area contributed by atoms with Crippen LogP contribution in [0, 0.1) is 20.2 Å². The van der Waals surface area contributed by atoms with Crippen LogP contribution in [0.15, 0.2) is 12.4 Å². The van der Waals surface area contributed by atoms with Gasteiger partial charge in [-0.2, -0.15) is 0 Å². The fourth-order valence-corrected chi connectivity index (χ4v) is 4.68. The van der Waals surface area contributed by atoms with Crippen LogP contribution in [-0.4, -0.2) is 75.4 Å². The van der Waals surface area contributed by atoms with Gasteiger partial charge >= 0.3 is 23.3 Å². The number of rotatable bonds is 8. The minimum absolute atomic E-state index is 0.0649. The molecule has 0 unspecified atom stereocenters. The number of nitro groups is 2. The van der Waals surface area contributed by atoms with Gasteiger partial charge in [-0.15, -0.1) is 0 Å². The first-order valence-corrected chi connectivity index (χ1v) is 14.8. The highest BCUT2D eigenvalue weighted by atomic mass is 35.6. The van der Waals surface area contributed by atoms with Gasteiger partial charge in [0.15, 0.2) is 15.7 Å². The molecule has 2 aromatic heterocycles. The van der Waals surface area contributed by atoms with Crippen molar-refractivity contribution in [3.63, 3.8) is 0 Å². The average molecular weight is 654 g/mol. The van der Waals surface area contributed by atoms with Gasteiger partial charge in [0.05, 0.1) is 35.5 Å². The summed E-state index contributed by atoms with van der Waals surface area (Å²) in [6, 6.07) is 0. The fraction of sp³-hybridized carbons (Fsp3) is 0.600. The van der Waals surface area contributed by atoms with E-state index >= 15 is 0 Å². The predicted molar refractivity (Wildman–Crippen MR) is 160 cm³/mol. The van der Waals surface area contributed by atoms with E-state index in [2.05, 4.69) is 9.97 Å². The van der Waals surface area contributed by atoms with E-state index in [1.54, 1.807) is 13.8 Å². The zero-order valence-corrected chi connectivity index (χ0v) is 25.7. The van der Waals surface area contributed by atoms with Gasteiger partial charge in [0.2, 0.25) is 0 Å². The molecule has 2 aliphatic heterocycles. The van der Waals surface area contributed by atoms with Crippen molar-refractivity contribution in [1.82, 2.24) is 9.97 Å². The van der Waals surface area contributed by atoms with Crippen molar-refractivity contribution in [3.8, 4) is 0 Å². The average Bonchev–Trinajstić information content (AvgIpc) is 3.60. The lowest BCUT2D eigenvalue weighted by molar-refractivity contribution is -0.384. The first-order chi connectivity index (χ1) is 20.0. The van der Waals surface area contributed by atoms with Crippen LogP contribution in [0.2, 0.25) is 0 Å². The van der Waals surface area contributed by atoms with Crippen molar-refractivity contribution >= 4 is 69.5 Å². The number of aromatic amines is 2. The van der Waals surface area contributed by atoms with Crippen molar-refractivity contribution in [1.29, 1.82) is 0 Å². The van der Waals surface area contributed by atoms with Crippen LogP contribution in [-0.2, 0) is 9.47 Å². The lowest BCUT2D eigenvalue weighted by atomic mass is 10.1. The number of alkyl halides is 3. The Balaban J connectivity index is 0.000000261. The Kier molecular flexibility index (Phi) is 14.7. The van der Waals surface area contributed by atoms with Crippen LogP contribution in [0.3, 0.4) is 0 Å². The number of nitrogens with zero attached hydrogens (tertiary/aromatic N) is 4. The standard InChI is InChI=1S/2C12H17N3O4.CHCl3/c2*1-2-19-12(16)10-11(9(8-13-10)15(17)18)14-6-4-3-5-7-14;2-1(3)4/h2*8,13H,2-7H2,1H3;1H. The third-order valence-electron chi connectivity index (χ3n) is 6.36. The predicted octanol–water partition coefficient (Wildman–Crippen LogP) is 6.17. The second kappa shape index (κ2) is 17.7. The van der Waals surface area contributed by atoms with Crippen LogP contribution in [0.25, 0.3) is 0 Å². The molecule has 2 aromatic rings. The second-order valence-corrected chi connectivity index (χ2v) is 11.1. The zero-order valence-electron chi connectivity index (χ0n) is 23.4. The topological polar surface area (TPSA) is 177 Å². The highest BCUT2D eigenvalue weighted by Crippen LogP contribution is 2.35. The molecule has 42 heavy (non-hydrogen) atoms. The number of piperidine rings is 2. The molecule has 0 aromatic carbocycles. The van der Waals surface area contributed by atoms with Crippen LogP contribution < -0.4 is 9.80 Å². The molecule has 2 N–H and O–H groups in total. The number of carbonyl (C=O) groups is 2. The molecule has 0 spiro atoms. The zero-order chi connectivity index (χ0) is 31.2. The van der Waals surface area contributed by atoms with Gasteiger partial charge in [-0.05, 0) is 52.4 Å². The number of hydrogen-bond acceptors (Lipinski definition) is 10. The summed E-state index contributed by atoms with van der Waals surface area (Å²) in [7, 11) is 0. The maximum atomic E-state index is 11.8. The van der Waals surface area contributed by atoms with Gasteiger partial charge in [0, 0.05) is 26.2 Å². The molecule has 2 fully saturated rings. The maximum absolute atomic E-state index is 11.8. The molecule has 234 valence electrons. The molecular weight excluding hydrogens is 619 g/mol. The van der Waals surface area contributed by atoms with E-state index in [-0.39, 0.29) is 36.0 Å². The molecule has 0 aliphatic carbocycles. The Morgan fingerprint density at radius 3 is 1.33 bits per heavy atom. The van der Waals surface area contributed by atoms with Crippen LogP contribution in [0.4, 0.5) is 22.7 Å². The van der Waals surface area contributed by atoms with E-state index in [1.807, 2.05) is 9.80 Å². The summed E-state index contributed by atoms with van der Waals surface area (Å²) < 4.78 is 9.12. The molecule has 17 heteroatoms. The molecule has 0 radical (unpaired) electrons. The summed E-state index contributed by atoms with van der Waals surface area (Å²) in [5.41, 5.74) is 0.951. The van der Waals surface area contributed by atoms with E-state index in [4.69, 9.17) is 44.3 Å². The van der Waals surface area contributed by atoms with Gasteiger partial charge in [-0.3, -0.25) is 20.2 Å². The number of ether oxygens (including phenoxy) is 2. The largest absolute Gasteiger partial charge is 0.461 e. The SMILES string of the molecule is CCOC(=O)c1[nH]cc([N+](=O)[O-])c1N1CCCCC1.CCOC(=O)c1[nH]cc([N+](=O)[O-])c1N1CCCCC1.ClC(Cl)Cl. The molecule has 2 saturated heterocycles. The summed E-state index contributed by atoms with van der Waals surface area (Å²) in [6.45, 7) is 6.80. The van der Waals surface area contributed by atoms with Crippen LogP contribution in [0.1, 0.15) is 73.3 Å².